The first-order valence-corrected chi connectivity index (χ1v) is 6.31. The smallest absolute Gasteiger partial charge is 0.113 e. The van der Waals surface area contributed by atoms with Gasteiger partial charge < -0.3 is 5.41 Å². The van der Waals surface area contributed by atoms with Crippen LogP contribution in [0.25, 0.3) is 5.43 Å². The van der Waals surface area contributed by atoms with Crippen LogP contribution in [-0.4, -0.2) is 24.5 Å². The summed E-state index contributed by atoms with van der Waals surface area (Å²) in [6.07, 6.45) is 0. The molecule has 0 fully saturated rings. The van der Waals surface area contributed by atoms with Crippen LogP contribution in [-0.2, 0) is 6.54 Å². The highest BCUT2D eigenvalue weighted by molar-refractivity contribution is 6.04. The predicted molar refractivity (Wildman–Crippen MR) is 78.9 cm³/mol. The van der Waals surface area contributed by atoms with Crippen molar-refractivity contribution in [2.45, 2.75) is 6.54 Å². The van der Waals surface area contributed by atoms with E-state index in [2.05, 4.69) is 17.6 Å². The molecule has 0 unspecified atom stereocenters. The average molecular weight is 253 g/mol. The van der Waals surface area contributed by atoms with Gasteiger partial charge in [-0.25, -0.2) is 0 Å². The fraction of sp³-hybridized carbons (Fsp3) is 0.188. The molecule has 0 heterocycles. The summed E-state index contributed by atoms with van der Waals surface area (Å²) in [5.41, 5.74) is 6.56. The minimum atomic E-state index is 0.321. The minimum Gasteiger partial charge on any atom is -0.478 e. The summed E-state index contributed by atoms with van der Waals surface area (Å²) < 4.78 is 0.414. The van der Waals surface area contributed by atoms with Gasteiger partial charge in [0.1, 0.15) is 6.54 Å². The number of nitrogens with zero attached hydrogens (tertiary/aromatic N) is 2. The van der Waals surface area contributed by atoms with Gasteiger partial charge in [0.25, 0.3) is 0 Å². The monoisotopic (exact) mass is 253 g/mol. The van der Waals surface area contributed by atoms with Crippen LogP contribution in [0.4, 0.5) is 0 Å². The Hall–Kier alpha value is -2.13. The molecule has 3 heteroatoms. The van der Waals surface area contributed by atoms with E-state index in [1.165, 1.54) is 5.56 Å². The van der Waals surface area contributed by atoms with Gasteiger partial charge in [0.05, 0.1) is 14.1 Å². The fourth-order valence-electron chi connectivity index (χ4n) is 1.99. The molecule has 98 valence electrons. The van der Waals surface area contributed by atoms with Gasteiger partial charge in [-0.15, -0.1) is 0 Å². The number of nitrogens with one attached hydrogen (secondary N) is 1. The third-order valence-corrected chi connectivity index (χ3v) is 2.83. The predicted octanol–water partition coefficient (Wildman–Crippen LogP) is 3.58. The van der Waals surface area contributed by atoms with Gasteiger partial charge in [-0.1, -0.05) is 60.7 Å². The van der Waals surface area contributed by atoms with Crippen molar-refractivity contribution in [1.82, 2.24) is 0 Å². The van der Waals surface area contributed by atoms with Crippen molar-refractivity contribution < 1.29 is 4.59 Å². The highest BCUT2D eigenvalue weighted by Gasteiger charge is 2.13. The molecule has 0 saturated carbocycles. The number of rotatable bonds is 4. The van der Waals surface area contributed by atoms with E-state index in [1.54, 1.807) is 0 Å². The van der Waals surface area contributed by atoms with Crippen molar-refractivity contribution in [3.8, 4) is 0 Å². The third-order valence-electron chi connectivity index (χ3n) is 2.83. The zero-order valence-corrected chi connectivity index (χ0v) is 11.4. The first-order valence-electron chi connectivity index (χ1n) is 6.31. The molecule has 0 aliphatic rings. The molecule has 0 spiro atoms. The van der Waals surface area contributed by atoms with Crippen LogP contribution in [0.2, 0.25) is 0 Å². The number of benzene rings is 2. The standard InChI is InChI=1S/C16H19N3/c1-19(2,13-14-9-5-3-6-10-14)18-16(17)15-11-7-4-8-12-15/h3-12,17H,13H2,1-2H3. The summed E-state index contributed by atoms with van der Waals surface area (Å²) in [7, 11) is 4.01. The minimum absolute atomic E-state index is 0.321. The van der Waals surface area contributed by atoms with Gasteiger partial charge in [0.2, 0.25) is 0 Å². The Morgan fingerprint density at radius 3 is 2.05 bits per heavy atom. The molecule has 2 rings (SSSR count). The summed E-state index contributed by atoms with van der Waals surface area (Å²) in [5, 5.41) is 8.07. The number of hydrogen-bond donors (Lipinski definition) is 1. The Kier molecular flexibility index (Phi) is 3.97. The molecular weight excluding hydrogens is 234 g/mol. The van der Waals surface area contributed by atoms with Crippen LogP contribution in [0.15, 0.2) is 60.7 Å². The lowest BCUT2D eigenvalue weighted by molar-refractivity contribution is -0.862. The normalized spacial score (nSPS) is 11.1. The summed E-state index contributed by atoms with van der Waals surface area (Å²) in [6, 6.07) is 19.8. The molecule has 0 amide bonds. The van der Waals surface area contributed by atoms with Gasteiger partial charge in [-0.2, -0.15) is 0 Å². The summed E-state index contributed by atoms with van der Waals surface area (Å²) in [6.45, 7) is 0.774. The van der Waals surface area contributed by atoms with E-state index in [1.807, 2.05) is 62.6 Å². The Balaban J connectivity index is 2.03. The second-order valence-corrected chi connectivity index (χ2v) is 5.08. The van der Waals surface area contributed by atoms with Crippen LogP contribution in [0.1, 0.15) is 11.1 Å². The van der Waals surface area contributed by atoms with Crippen molar-refractivity contribution in [3.63, 3.8) is 0 Å². The van der Waals surface area contributed by atoms with E-state index in [0.29, 0.717) is 10.4 Å². The molecule has 0 radical (unpaired) electrons. The van der Waals surface area contributed by atoms with Gasteiger partial charge in [0.15, 0.2) is 0 Å². The van der Waals surface area contributed by atoms with Crippen molar-refractivity contribution in [1.29, 1.82) is 5.41 Å². The van der Waals surface area contributed by atoms with Gasteiger partial charge in [-0.05, 0) is 11.4 Å². The van der Waals surface area contributed by atoms with Crippen molar-refractivity contribution >= 4 is 5.84 Å². The van der Waals surface area contributed by atoms with E-state index in [-0.39, 0.29) is 0 Å². The molecule has 1 N–H and O–H groups in total. The zero-order chi connectivity index (χ0) is 13.7. The quantitative estimate of drug-likeness (QED) is 0.374. The zero-order valence-electron chi connectivity index (χ0n) is 11.4. The van der Waals surface area contributed by atoms with Gasteiger partial charge in [-0.3, -0.25) is 10.0 Å². The van der Waals surface area contributed by atoms with E-state index in [9.17, 15) is 0 Å². The molecule has 0 bridgehead atoms. The fourth-order valence-corrected chi connectivity index (χ4v) is 1.99. The molecule has 0 aromatic heterocycles. The maximum Gasteiger partial charge on any atom is 0.113 e. The van der Waals surface area contributed by atoms with Crippen LogP contribution < -0.4 is 0 Å². The first kappa shape index (κ1) is 13.3. The molecule has 2 aromatic rings. The second kappa shape index (κ2) is 5.67. The molecule has 0 saturated heterocycles. The highest BCUT2D eigenvalue weighted by Crippen LogP contribution is 2.17. The Morgan fingerprint density at radius 2 is 1.47 bits per heavy atom. The number of amidine groups is 1. The summed E-state index contributed by atoms with van der Waals surface area (Å²) in [4.78, 5) is 0. The van der Waals surface area contributed by atoms with Crippen LogP contribution in [0.5, 0.6) is 0 Å². The number of quaternary nitrogens is 1. The number of hydrogen-bond acceptors (Lipinski definition) is 1. The van der Waals surface area contributed by atoms with Crippen LogP contribution in [0, 0.1) is 5.41 Å². The molecular formula is C16H19N3. The lowest BCUT2D eigenvalue weighted by atomic mass is 10.2. The first-order chi connectivity index (χ1) is 9.07. The van der Waals surface area contributed by atoms with Crippen LogP contribution >= 0.6 is 0 Å². The summed E-state index contributed by atoms with van der Waals surface area (Å²) >= 11 is 0. The highest BCUT2D eigenvalue weighted by atomic mass is 15.6. The third kappa shape index (κ3) is 3.93. The van der Waals surface area contributed by atoms with Gasteiger partial charge >= 0.3 is 0 Å². The largest absolute Gasteiger partial charge is 0.478 e. The van der Waals surface area contributed by atoms with Crippen molar-refractivity contribution in [2.75, 3.05) is 14.1 Å². The van der Waals surface area contributed by atoms with E-state index in [4.69, 9.17) is 5.41 Å². The summed E-state index contributed by atoms with van der Waals surface area (Å²) in [5.74, 6) is 0.321. The topological polar surface area (TPSA) is 38.0 Å². The Labute approximate surface area is 114 Å². The Bertz CT molecular complexity index is 532. The van der Waals surface area contributed by atoms with E-state index < -0.39 is 0 Å². The maximum atomic E-state index is 8.07. The second-order valence-electron chi connectivity index (χ2n) is 5.08. The molecule has 19 heavy (non-hydrogen) atoms. The lowest BCUT2D eigenvalue weighted by Crippen LogP contribution is -2.36. The average Bonchev–Trinajstić information content (AvgIpc) is 2.39. The molecule has 3 nitrogen and oxygen atoms in total. The molecule has 2 aromatic carbocycles. The van der Waals surface area contributed by atoms with Crippen molar-refractivity contribution in [2.24, 2.45) is 0 Å². The van der Waals surface area contributed by atoms with Gasteiger partial charge in [0, 0.05) is 5.56 Å². The van der Waals surface area contributed by atoms with Crippen LogP contribution in [0.3, 0.4) is 0 Å². The Morgan fingerprint density at radius 1 is 0.947 bits per heavy atom. The lowest BCUT2D eigenvalue weighted by Gasteiger charge is -2.35. The SMILES string of the molecule is C[N+](C)(Cc1ccccc1)[N-]C(=N)c1ccccc1. The molecule has 0 aliphatic heterocycles. The van der Waals surface area contributed by atoms with E-state index in [0.717, 1.165) is 12.1 Å². The maximum absolute atomic E-state index is 8.07. The molecule has 0 atom stereocenters. The van der Waals surface area contributed by atoms with E-state index >= 15 is 0 Å². The molecule has 0 aliphatic carbocycles. The van der Waals surface area contributed by atoms with Crippen molar-refractivity contribution in [3.05, 3.63) is 77.2 Å².